The number of hydrogen-bond donors (Lipinski definition) is 1. The van der Waals surface area contributed by atoms with Crippen LogP contribution in [0.25, 0.3) is 0 Å². The number of ether oxygens (including phenoxy) is 1. The van der Waals surface area contributed by atoms with Gasteiger partial charge in [-0.1, -0.05) is 30.3 Å². The summed E-state index contributed by atoms with van der Waals surface area (Å²) in [6.07, 6.45) is 0.219. The first-order chi connectivity index (χ1) is 6.77. The second kappa shape index (κ2) is 5.40. The minimum atomic E-state index is -0.298. The van der Waals surface area contributed by atoms with Gasteiger partial charge < -0.3 is 9.84 Å². The molecule has 0 aliphatic heterocycles. The van der Waals surface area contributed by atoms with Gasteiger partial charge in [-0.25, -0.2) is 0 Å². The molecule has 14 heavy (non-hydrogen) atoms. The zero-order valence-corrected chi connectivity index (χ0v) is 8.14. The van der Waals surface area contributed by atoms with Gasteiger partial charge in [0.25, 0.3) is 0 Å². The molecule has 1 aromatic rings. The molecular weight excluding hydrogens is 180 g/mol. The average Bonchev–Trinajstić information content (AvgIpc) is 2.26. The molecule has 0 saturated carbocycles. The van der Waals surface area contributed by atoms with E-state index in [1.54, 1.807) is 0 Å². The average molecular weight is 194 g/mol. The Hall–Kier alpha value is -1.35. The maximum atomic E-state index is 11.0. The lowest BCUT2D eigenvalue weighted by atomic mass is 9.97. The number of hydrogen-bond acceptors (Lipinski definition) is 3. The topological polar surface area (TPSA) is 46.5 Å². The summed E-state index contributed by atoms with van der Waals surface area (Å²) in [5, 5.41) is 9.12. The van der Waals surface area contributed by atoms with E-state index in [2.05, 4.69) is 4.74 Å². The fourth-order valence-electron chi connectivity index (χ4n) is 1.30. The molecule has 1 N–H and O–H groups in total. The Balaban J connectivity index is 2.68. The fraction of sp³-hybridized carbons (Fsp3) is 0.364. The number of benzene rings is 1. The molecule has 1 rings (SSSR count). The summed E-state index contributed by atoms with van der Waals surface area (Å²) in [5.74, 6) is -0.462. The van der Waals surface area contributed by atoms with Crippen molar-refractivity contribution in [1.82, 2.24) is 0 Å². The summed E-state index contributed by atoms with van der Waals surface area (Å²) < 4.78 is 4.55. The van der Waals surface area contributed by atoms with Crippen molar-refractivity contribution in [2.24, 2.45) is 0 Å². The number of rotatable bonds is 4. The molecule has 0 heterocycles. The molecule has 0 radical (unpaired) electrons. The molecule has 0 saturated heterocycles. The smallest absolute Gasteiger partial charge is 0.306 e. The highest BCUT2D eigenvalue weighted by Gasteiger charge is 2.14. The van der Waals surface area contributed by atoms with Crippen molar-refractivity contribution in [2.45, 2.75) is 12.3 Å². The van der Waals surface area contributed by atoms with Crippen LogP contribution >= 0.6 is 0 Å². The molecule has 76 valence electrons. The maximum absolute atomic E-state index is 11.0. The van der Waals surface area contributed by atoms with Crippen molar-refractivity contribution >= 4 is 5.97 Å². The summed E-state index contributed by atoms with van der Waals surface area (Å²) in [6.45, 7) is -0.0425. The second-order valence-electron chi connectivity index (χ2n) is 3.07. The van der Waals surface area contributed by atoms with Crippen LogP contribution in [0.3, 0.4) is 0 Å². The molecule has 3 heteroatoms. The lowest BCUT2D eigenvalue weighted by Gasteiger charge is -2.12. The third-order valence-corrected chi connectivity index (χ3v) is 2.13. The van der Waals surface area contributed by atoms with Crippen molar-refractivity contribution < 1.29 is 14.6 Å². The molecule has 0 aromatic heterocycles. The normalized spacial score (nSPS) is 12.1. The number of aliphatic hydroxyl groups excluding tert-OH is 1. The Labute approximate surface area is 83.3 Å². The van der Waals surface area contributed by atoms with Crippen LogP contribution in [0.5, 0.6) is 0 Å². The first-order valence-corrected chi connectivity index (χ1v) is 4.50. The van der Waals surface area contributed by atoms with Gasteiger partial charge in [-0.15, -0.1) is 0 Å². The Morgan fingerprint density at radius 3 is 2.57 bits per heavy atom. The van der Waals surface area contributed by atoms with Crippen molar-refractivity contribution in [3.05, 3.63) is 35.9 Å². The predicted octanol–water partition coefficient (Wildman–Crippen LogP) is 1.33. The van der Waals surface area contributed by atoms with Gasteiger partial charge in [0.1, 0.15) is 0 Å². The van der Waals surface area contributed by atoms with E-state index in [0.717, 1.165) is 5.56 Å². The van der Waals surface area contributed by atoms with E-state index in [9.17, 15) is 4.79 Å². The lowest BCUT2D eigenvalue weighted by molar-refractivity contribution is -0.141. The highest BCUT2D eigenvalue weighted by molar-refractivity contribution is 5.70. The third-order valence-electron chi connectivity index (χ3n) is 2.13. The highest BCUT2D eigenvalue weighted by Crippen LogP contribution is 2.18. The van der Waals surface area contributed by atoms with Crippen molar-refractivity contribution in [3.63, 3.8) is 0 Å². The van der Waals surface area contributed by atoms with E-state index in [0.29, 0.717) is 0 Å². The van der Waals surface area contributed by atoms with Crippen LogP contribution in [-0.2, 0) is 9.53 Å². The van der Waals surface area contributed by atoms with Gasteiger partial charge in [0.15, 0.2) is 0 Å². The van der Waals surface area contributed by atoms with Crippen molar-refractivity contribution in [2.75, 3.05) is 13.7 Å². The number of methoxy groups -OCH3 is 1. The van der Waals surface area contributed by atoms with Crippen LogP contribution in [0.1, 0.15) is 17.9 Å². The molecule has 1 atom stereocenters. The fourth-order valence-corrected chi connectivity index (χ4v) is 1.30. The van der Waals surface area contributed by atoms with E-state index >= 15 is 0 Å². The van der Waals surface area contributed by atoms with Crippen LogP contribution in [0, 0.1) is 0 Å². The zero-order chi connectivity index (χ0) is 10.4. The Morgan fingerprint density at radius 1 is 1.43 bits per heavy atom. The van der Waals surface area contributed by atoms with Gasteiger partial charge in [-0.3, -0.25) is 4.79 Å². The van der Waals surface area contributed by atoms with E-state index < -0.39 is 0 Å². The van der Waals surface area contributed by atoms with E-state index in [4.69, 9.17) is 5.11 Å². The molecule has 0 bridgehead atoms. The monoisotopic (exact) mass is 194 g/mol. The lowest BCUT2D eigenvalue weighted by Crippen LogP contribution is -2.11. The van der Waals surface area contributed by atoms with Crippen LogP contribution in [0.4, 0.5) is 0 Å². The van der Waals surface area contributed by atoms with Gasteiger partial charge in [0.2, 0.25) is 0 Å². The predicted molar refractivity (Wildman–Crippen MR) is 52.9 cm³/mol. The minimum absolute atomic E-state index is 0.0425. The number of aliphatic hydroxyl groups is 1. The SMILES string of the molecule is COC(=O)CC(CO)c1ccccc1. The summed E-state index contributed by atoms with van der Waals surface area (Å²) in [4.78, 5) is 11.0. The van der Waals surface area contributed by atoms with Gasteiger partial charge >= 0.3 is 5.97 Å². The summed E-state index contributed by atoms with van der Waals surface area (Å²) in [5.41, 5.74) is 0.959. The Kier molecular flexibility index (Phi) is 4.13. The third kappa shape index (κ3) is 2.85. The Bertz CT molecular complexity index is 282. The maximum Gasteiger partial charge on any atom is 0.306 e. The molecule has 3 nitrogen and oxygen atoms in total. The molecule has 0 aliphatic carbocycles. The number of esters is 1. The second-order valence-corrected chi connectivity index (χ2v) is 3.07. The molecule has 1 aromatic carbocycles. The summed E-state index contributed by atoms with van der Waals surface area (Å²) in [7, 11) is 1.35. The zero-order valence-electron chi connectivity index (χ0n) is 8.14. The molecule has 0 fully saturated rings. The van der Waals surface area contributed by atoms with Gasteiger partial charge in [-0.05, 0) is 5.56 Å². The molecule has 0 amide bonds. The molecule has 0 spiro atoms. The van der Waals surface area contributed by atoms with Crippen LogP contribution < -0.4 is 0 Å². The summed E-state index contributed by atoms with van der Waals surface area (Å²) >= 11 is 0. The summed E-state index contributed by atoms with van der Waals surface area (Å²) in [6, 6.07) is 9.45. The standard InChI is InChI=1S/C11H14O3/c1-14-11(13)7-10(8-12)9-5-3-2-4-6-9/h2-6,10,12H,7-8H2,1H3. The molecular formula is C11H14O3. The quantitative estimate of drug-likeness (QED) is 0.735. The molecule has 0 aliphatic rings. The van der Waals surface area contributed by atoms with Gasteiger partial charge in [-0.2, -0.15) is 0 Å². The van der Waals surface area contributed by atoms with E-state index in [1.807, 2.05) is 30.3 Å². The highest BCUT2D eigenvalue weighted by atomic mass is 16.5. The Morgan fingerprint density at radius 2 is 2.07 bits per heavy atom. The van der Waals surface area contributed by atoms with E-state index in [-0.39, 0.29) is 24.9 Å². The van der Waals surface area contributed by atoms with Crippen LogP contribution in [0.15, 0.2) is 30.3 Å². The minimum Gasteiger partial charge on any atom is -0.469 e. The van der Waals surface area contributed by atoms with Crippen LogP contribution in [0.2, 0.25) is 0 Å². The van der Waals surface area contributed by atoms with E-state index in [1.165, 1.54) is 7.11 Å². The number of carbonyl (C=O) groups excluding carboxylic acids is 1. The largest absolute Gasteiger partial charge is 0.469 e. The van der Waals surface area contributed by atoms with Crippen LogP contribution in [-0.4, -0.2) is 24.8 Å². The first-order valence-electron chi connectivity index (χ1n) is 4.50. The van der Waals surface area contributed by atoms with Crippen molar-refractivity contribution in [1.29, 1.82) is 0 Å². The number of carbonyl (C=O) groups is 1. The van der Waals surface area contributed by atoms with Gasteiger partial charge in [0.05, 0.1) is 20.1 Å². The van der Waals surface area contributed by atoms with Gasteiger partial charge in [0, 0.05) is 5.92 Å². The molecule has 1 unspecified atom stereocenters. The van der Waals surface area contributed by atoms with Crippen molar-refractivity contribution in [3.8, 4) is 0 Å². The first kappa shape index (κ1) is 10.7.